The molecule has 1 amide bonds. The predicted molar refractivity (Wildman–Crippen MR) is 121 cm³/mol. The number of aliphatic hydroxyl groups is 1. The number of carbonyl (C=O) groups is 1. The molecular weight excluding hydrogens is 524 g/mol. The number of pyridine rings is 1. The standard InChI is InChI=1S/C23H27F6N5O4/c1-20(2,3)38-19(35)30-14-11-13(22(24,25)26)16-31-15(14)17-32-33-18(37-17)21(36,23(27,28)29)9-5-4-7-12-8-6-10-34(12)16/h11-12,36H,4-10H2,1-3H3,(H,30,35). The number of amides is 1. The average Bonchev–Trinajstić information content (AvgIpc) is 3.43. The van der Waals surface area contributed by atoms with Crippen molar-refractivity contribution in [2.24, 2.45) is 0 Å². The predicted octanol–water partition coefficient (Wildman–Crippen LogP) is 5.79. The van der Waals surface area contributed by atoms with E-state index in [9.17, 15) is 36.2 Å². The molecule has 9 nitrogen and oxygen atoms in total. The lowest BCUT2D eigenvalue weighted by atomic mass is 9.94. The van der Waals surface area contributed by atoms with Gasteiger partial charge in [0.1, 0.15) is 17.0 Å². The molecule has 2 atom stereocenters. The zero-order valence-electron chi connectivity index (χ0n) is 20.8. The maximum Gasteiger partial charge on any atom is 0.426 e. The first kappa shape index (κ1) is 27.9. The van der Waals surface area contributed by atoms with Crippen LogP contribution in [0.4, 0.5) is 42.6 Å². The number of halogens is 6. The third kappa shape index (κ3) is 5.52. The summed E-state index contributed by atoms with van der Waals surface area (Å²) in [5.41, 5.74) is -6.70. The number of nitrogens with zero attached hydrogens (tertiary/aromatic N) is 4. The van der Waals surface area contributed by atoms with Crippen molar-refractivity contribution in [1.82, 2.24) is 15.2 Å². The summed E-state index contributed by atoms with van der Waals surface area (Å²) in [6.45, 7) is 4.84. The van der Waals surface area contributed by atoms with E-state index in [4.69, 9.17) is 9.15 Å². The van der Waals surface area contributed by atoms with Gasteiger partial charge in [-0.2, -0.15) is 26.3 Å². The second-order valence-corrected chi connectivity index (χ2v) is 10.4. The number of aromatic nitrogens is 3. The molecule has 210 valence electrons. The number of carbonyl (C=O) groups excluding carboxylic acids is 1. The molecule has 2 aromatic heterocycles. The van der Waals surface area contributed by atoms with E-state index in [0.717, 1.165) is 0 Å². The molecule has 2 aliphatic rings. The van der Waals surface area contributed by atoms with Crippen LogP contribution in [0.3, 0.4) is 0 Å². The summed E-state index contributed by atoms with van der Waals surface area (Å²) in [5.74, 6) is -2.35. The Kier molecular flexibility index (Phi) is 7.04. The van der Waals surface area contributed by atoms with Crippen molar-refractivity contribution in [3.8, 4) is 11.6 Å². The fourth-order valence-corrected chi connectivity index (χ4v) is 4.63. The Balaban J connectivity index is 1.93. The summed E-state index contributed by atoms with van der Waals surface area (Å²) in [4.78, 5) is 18.0. The Bertz CT molecular complexity index is 1190. The number of rotatable bonds is 1. The van der Waals surface area contributed by atoms with Gasteiger partial charge in [0, 0.05) is 12.6 Å². The normalized spacial score (nSPS) is 22.7. The molecular formula is C23H27F6N5O4. The van der Waals surface area contributed by atoms with E-state index in [0.29, 0.717) is 18.9 Å². The average molecular weight is 551 g/mol. The van der Waals surface area contributed by atoms with Gasteiger partial charge in [0.15, 0.2) is 5.69 Å². The number of fused-ring (bicyclic) bond motifs is 7. The first-order valence-corrected chi connectivity index (χ1v) is 12.0. The smallest absolute Gasteiger partial charge is 0.426 e. The first-order valence-electron chi connectivity index (χ1n) is 12.0. The minimum Gasteiger partial charge on any atom is -0.444 e. The van der Waals surface area contributed by atoms with Crippen LogP contribution >= 0.6 is 0 Å². The van der Waals surface area contributed by atoms with Crippen molar-refractivity contribution in [3.05, 3.63) is 17.5 Å². The minimum absolute atomic E-state index is 0.0966. The fraction of sp³-hybridized carbons (Fsp3) is 0.652. The van der Waals surface area contributed by atoms with Crippen LogP contribution in [0.25, 0.3) is 11.6 Å². The molecule has 2 unspecified atom stereocenters. The van der Waals surface area contributed by atoms with Gasteiger partial charge in [-0.1, -0.05) is 6.42 Å². The van der Waals surface area contributed by atoms with Crippen molar-refractivity contribution >= 4 is 17.6 Å². The van der Waals surface area contributed by atoms with Gasteiger partial charge >= 0.3 is 18.4 Å². The summed E-state index contributed by atoms with van der Waals surface area (Å²) in [6, 6.07) is 0.203. The summed E-state index contributed by atoms with van der Waals surface area (Å²) < 4.78 is 94.8. The lowest BCUT2D eigenvalue weighted by Gasteiger charge is -2.30. The van der Waals surface area contributed by atoms with E-state index >= 15 is 0 Å². The van der Waals surface area contributed by atoms with Crippen LogP contribution in [0.15, 0.2) is 10.5 Å². The largest absolute Gasteiger partial charge is 0.444 e. The second kappa shape index (κ2) is 9.58. The Hall–Kier alpha value is -3.10. The van der Waals surface area contributed by atoms with E-state index in [1.807, 2.05) is 0 Å². The van der Waals surface area contributed by atoms with Gasteiger partial charge in [-0.3, -0.25) is 5.32 Å². The quantitative estimate of drug-likeness (QED) is 0.428. The molecule has 4 heterocycles. The molecule has 1 saturated heterocycles. The summed E-state index contributed by atoms with van der Waals surface area (Å²) in [7, 11) is 0. The van der Waals surface area contributed by atoms with Crippen LogP contribution in [-0.4, -0.2) is 50.7 Å². The number of ether oxygens (including phenoxy) is 1. The van der Waals surface area contributed by atoms with Crippen molar-refractivity contribution in [1.29, 1.82) is 0 Å². The van der Waals surface area contributed by atoms with Gasteiger partial charge in [-0.25, -0.2) is 9.78 Å². The van der Waals surface area contributed by atoms with E-state index in [-0.39, 0.29) is 25.8 Å². The van der Waals surface area contributed by atoms with Gasteiger partial charge in [-0.05, 0) is 58.9 Å². The maximum absolute atomic E-state index is 14.2. The number of hydrogen-bond donors (Lipinski definition) is 2. The van der Waals surface area contributed by atoms with Crippen LogP contribution in [0.2, 0.25) is 0 Å². The minimum atomic E-state index is -5.17. The van der Waals surface area contributed by atoms with Gasteiger partial charge in [0.25, 0.3) is 11.8 Å². The summed E-state index contributed by atoms with van der Waals surface area (Å²) in [6.07, 6.45) is -10.5. The molecule has 0 radical (unpaired) electrons. The molecule has 4 bridgehead atoms. The molecule has 0 spiro atoms. The molecule has 15 heteroatoms. The number of alkyl halides is 6. The third-order valence-corrected chi connectivity index (χ3v) is 6.37. The van der Waals surface area contributed by atoms with Crippen LogP contribution in [0.5, 0.6) is 0 Å². The molecule has 2 aliphatic heterocycles. The lowest BCUT2D eigenvalue weighted by Crippen LogP contribution is -2.42. The highest BCUT2D eigenvalue weighted by Crippen LogP contribution is 2.46. The number of hydrogen-bond acceptors (Lipinski definition) is 8. The highest BCUT2D eigenvalue weighted by molar-refractivity contribution is 5.90. The van der Waals surface area contributed by atoms with Crippen LogP contribution < -0.4 is 10.2 Å². The molecule has 0 aliphatic carbocycles. The van der Waals surface area contributed by atoms with Gasteiger partial charge < -0.3 is 19.2 Å². The number of anilines is 2. The van der Waals surface area contributed by atoms with Crippen LogP contribution in [0, 0.1) is 0 Å². The molecule has 2 N–H and O–H groups in total. The molecule has 0 saturated carbocycles. The van der Waals surface area contributed by atoms with Crippen molar-refractivity contribution in [2.75, 3.05) is 16.8 Å². The van der Waals surface area contributed by atoms with Gasteiger partial charge in [0.2, 0.25) is 5.60 Å². The van der Waals surface area contributed by atoms with E-state index in [1.165, 1.54) is 25.7 Å². The van der Waals surface area contributed by atoms with Gasteiger partial charge in [0.05, 0.1) is 5.69 Å². The van der Waals surface area contributed by atoms with Crippen LogP contribution in [-0.2, 0) is 16.5 Å². The molecule has 38 heavy (non-hydrogen) atoms. The molecule has 2 aromatic rings. The Morgan fingerprint density at radius 2 is 1.82 bits per heavy atom. The fourth-order valence-electron chi connectivity index (χ4n) is 4.63. The first-order chi connectivity index (χ1) is 17.5. The monoisotopic (exact) mass is 551 g/mol. The molecule has 4 rings (SSSR count). The Morgan fingerprint density at radius 3 is 2.45 bits per heavy atom. The maximum atomic E-state index is 14.2. The second-order valence-electron chi connectivity index (χ2n) is 10.4. The van der Waals surface area contributed by atoms with Crippen molar-refractivity contribution in [2.45, 2.75) is 88.9 Å². The zero-order valence-corrected chi connectivity index (χ0v) is 20.8. The SMILES string of the molecule is CC(C)(C)OC(=O)Nc1cc(C(F)(F)F)c2nc1-c1nnc(o1)C(O)(C(F)(F)F)CCCCC1CCCN21. The molecule has 1 fully saturated rings. The Morgan fingerprint density at radius 1 is 1.13 bits per heavy atom. The number of nitrogens with one attached hydrogen (secondary N) is 1. The van der Waals surface area contributed by atoms with Crippen molar-refractivity contribution in [3.63, 3.8) is 0 Å². The highest BCUT2D eigenvalue weighted by atomic mass is 19.4. The Labute approximate surface area is 213 Å². The lowest BCUT2D eigenvalue weighted by molar-refractivity contribution is -0.277. The molecule has 0 aromatic carbocycles. The topological polar surface area (TPSA) is 114 Å². The van der Waals surface area contributed by atoms with E-state index in [2.05, 4.69) is 20.5 Å². The summed E-state index contributed by atoms with van der Waals surface area (Å²) in [5, 5.41) is 19.7. The van der Waals surface area contributed by atoms with Crippen molar-refractivity contribution < 1.29 is 45.4 Å². The van der Waals surface area contributed by atoms with Gasteiger partial charge in [-0.15, -0.1) is 10.2 Å². The summed E-state index contributed by atoms with van der Waals surface area (Å²) >= 11 is 0. The highest BCUT2D eigenvalue weighted by Gasteiger charge is 2.58. The van der Waals surface area contributed by atoms with Crippen LogP contribution in [0.1, 0.15) is 70.8 Å². The van der Waals surface area contributed by atoms with E-state index < -0.39 is 76.7 Å². The zero-order chi connectivity index (χ0) is 28.1. The van der Waals surface area contributed by atoms with E-state index in [1.54, 1.807) is 0 Å². The third-order valence-electron chi connectivity index (χ3n) is 6.37.